The van der Waals surface area contributed by atoms with Gasteiger partial charge in [0.15, 0.2) is 0 Å². The van der Waals surface area contributed by atoms with Crippen molar-refractivity contribution >= 4 is 21.9 Å². The highest BCUT2D eigenvalue weighted by atomic mass is 32.2. The molecule has 0 aromatic heterocycles. The molecule has 2 aromatic carbocycles. The molecule has 0 spiro atoms. The van der Waals surface area contributed by atoms with Gasteiger partial charge in [-0.1, -0.05) is 30.3 Å². The highest BCUT2D eigenvalue weighted by molar-refractivity contribution is 7.86. The van der Waals surface area contributed by atoms with Gasteiger partial charge in [-0.2, -0.15) is 8.42 Å². The topological polar surface area (TPSA) is 80.8 Å². The highest BCUT2D eigenvalue weighted by Crippen LogP contribution is 2.22. The zero-order valence-electron chi connectivity index (χ0n) is 12.0. The van der Waals surface area contributed by atoms with E-state index >= 15 is 0 Å². The number of carbonyl (C=O) groups is 2. The summed E-state index contributed by atoms with van der Waals surface area (Å²) >= 11 is 0. The van der Waals surface area contributed by atoms with Crippen LogP contribution in [-0.2, 0) is 14.3 Å². The summed E-state index contributed by atoms with van der Waals surface area (Å²) in [5, 5.41) is 0. The molecule has 2 aromatic rings. The average molecular weight is 331 g/mol. The zero-order chi connectivity index (χ0) is 16.4. The first-order valence-corrected chi connectivity index (χ1v) is 8.31. The Morgan fingerprint density at radius 3 is 1.91 bits per heavy atom. The second kappa shape index (κ2) is 5.94. The molecule has 1 heterocycles. The maximum Gasteiger partial charge on any atom is 0.297 e. The Morgan fingerprint density at radius 2 is 1.35 bits per heavy atom. The van der Waals surface area contributed by atoms with Crippen LogP contribution in [0.15, 0.2) is 59.5 Å². The lowest BCUT2D eigenvalue weighted by Crippen LogP contribution is -2.33. The van der Waals surface area contributed by atoms with E-state index < -0.39 is 21.9 Å². The van der Waals surface area contributed by atoms with Crippen molar-refractivity contribution in [1.82, 2.24) is 4.90 Å². The van der Waals surface area contributed by atoms with Crippen molar-refractivity contribution in [3.63, 3.8) is 0 Å². The van der Waals surface area contributed by atoms with Crippen LogP contribution >= 0.6 is 0 Å². The molecule has 0 saturated heterocycles. The van der Waals surface area contributed by atoms with Crippen LogP contribution in [0, 0.1) is 0 Å². The fraction of sp³-hybridized carbons (Fsp3) is 0.125. The van der Waals surface area contributed by atoms with Gasteiger partial charge in [-0.15, -0.1) is 0 Å². The monoisotopic (exact) mass is 331 g/mol. The van der Waals surface area contributed by atoms with Gasteiger partial charge >= 0.3 is 0 Å². The number of hydrogen-bond acceptors (Lipinski definition) is 5. The predicted molar refractivity (Wildman–Crippen MR) is 81.4 cm³/mol. The van der Waals surface area contributed by atoms with Crippen molar-refractivity contribution in [1.29, 1.82) is 0 Å². The van der Waals surface area contributed by atoms with Crippen LogP contribution in [0.2, 0.25) is 0 Å². The number of nitrogens with zero attached hydrogens (tertiary/aromatic N) is 1. The number of hydrogen-bond donors (Lipinski definition) is 0. The second-order valence-electron chi connectivity index (χ2n) is 4.90. The van der Waals surface area contributed by atoms with Gasteiger partial charge < -0.3 is 0 Å². The van der Waals surface area contributed by atoms with E-state index in [1.54, 1.807) is 42.5 Å². The third kappa shape index (κ3) is 2.88. The Morgan fingerprint density at radius 1 is 0.826 bits per heavy atom. The van der Waals surface area contributed by atoms with E-state index in [0.717, 1.165) is 4.90 Å². The number of imide groups is 1. The van der Waals surface area contributed by atoms with Crippen LogP contribution in [0.5, 0.6) is 0 Å². The van der Waals surface area contributed by atoms with Crippen LogP contribution in [0.25, 0.3) is 0 Å². The number of carbonyl (C=O) groups excluding carboxylic acids is 2. The summed E-state index contributed by atoms with van der Waals surface area (Å²) in [4.78, 5) is 25.3. The Labute approximate surface area is 133 Å². The Bertz CT molecular complexity index is 826. The molecule has 0 bridgehead atoms. The summed E-state index contributed by atoms with van der Waals surface area (Å²) < 4.78 is 28.9. The normalized spacial score (nSPS) is 14.2. The molecule has 0 saturated carbocycles. The molecule has 118 valence electrons. The van der Waals surface area contributed by atoms with E-state index in [1.165, 1.54) is 12.1 Å². The van der Waals surface area contributed by atoms with Crippen LogP contribution < -0.4 is 0 Å². The highest BCUT2D eigenvalue weighted by Gasteiger charge is 2.34. The lowest BCUT2D eigenvalue weighted by atomic mass is 10.1. The van der Waals surface area contributed by atoms with E-state index in [2.05, 4.69) is 0 Å². The lowest BCUT2D eigenvalue weighted by Gasteiger charge is -2.13. The van der Waals surface area contributed by atoms with Crippen molar-refractivity contribution in [2.24, 2.45) is 0 Å². The van der Waals surface area contributed by atoms with E-state index in [4.69, 9.17) is 4.18 Å². The molecule has 0 unspecified atom stereocenters. The second-order valence-corrected chi connectivity index (χ2v) is 6.51. The van der Waals surface area contributed by atoms with Crippen molar-refractivity contribution in [2.75, 3.05) is 13.2 Å². The minimum atomic E-state index is -3.90. The van der Waals surface area contributed by atoms with Crippen LogP contribution in [-0.4, -0.2) is 38.3 Å². The molecular formula is C16H13NO5S. The minimum absolute atomic E-state index is 0.0300. The summed E-state index contributed by atoms with van der Waals surface area (Å²) in [7, 11) is -3.90. The van der Waals surface area contributed by atoms with Gasteiger partial charge in [0, 0.05) is 0 Å². The van der Waals surface area contributed by atoms with Gasteiger partial charge in [0.1, 0.15) is 0 Å². The molecule has 0 fully saturated rings. The van der Waals surface area contributed by atoms with Gasteiger partial charge in [0.2, 0.25) is 0 Å². The van der Waals surface area contributed by atoms with Crippen molar-refractivity contribution in [3.8, 4) is 0 Å². The SMILES string of the molecule is O=C1c2ccccc2C(=O)N1CCOS(=O)(=O)c1ccccc1. The molecule has 1 aliphatic rings. The molecule has 0 aliphatic carbocycles. The molecule has 0 N–H and O–H groups in total. The van der Waals surface area contributed by atoms with E-state index in [1.807, 2.05) is 0 Å². The number of benzene rings is 2. The first-order chi connectivity index (χ1) is 11.0. The molecule has 2 amide bonds. The first kappa shape index (κ1) is 15.4. The van der Waals surface area contributed by atoms with Gasteiger partial charge in [-0.25, -0.2) is 0 Å². The van der Waals surface area contributed by atoms with Crippen LogP contribution in [0.3, 0.4) is 0 Å². The van der Waals surface area contributed by atoms with Crippen LogP contribution in [0.4, 0.5) is 0 Å². The third-order valence-electron chi connectivity index (χ3n) is 3.46. The van der Waals surface area contributed by atoms with E-state index in [0.29, 0.717) is 11.1 Å². The van der Waals surface area contributed by atoms with Crippen molar-refractivity contribution in [3.05, 3.63) is 65.7 Å². The number of fused-ring (bicyclic) bond motifs is 1. The smallest absolute Gasteiger partial charge is 0.272 e. The standard InChI is InChI=1S/C16H13NO5S/c18-15-13-8-4-5-9-14(13)16(19)17(15)10-11-22-23(20,21)12-6-2-1-3-7-12/h1-9H,10-11H2. The Balaban J connectivity index is 1.67. The first-order valence-electron chi connectivity index (χ1n) is 6.90. The van der Waals surface area contributed by atoms with Crippen LogP contribution in [0.1, 0.15) is 20.7 Å². The molecule has 6 nitrogen and oxygen atoms in total. The fourth-order valence-electron chi connectivity index (χ4n) is 2.34. The van der Waals surface area contributed by atoms with Crippen molar-refractivity contribution < 1.29 is 22.2 Å². The Kier molecular flexibility index (Phi) is 3.97. The maximum atomic E-state index is 12.1. The molecule has 3 rings (SSSR count). The number of amides is 2. The Hall–Kier alpha value is -2.51. The van der Waals surface area contributed by atoms with E-state index in [-0.39, 0.29) is 18.0 Å². The summed E-state index contributed by atoms with van der Waals surface area (Å²) in [5.74, 6) is -0.877. The van der Waals surface area contributed by atoms with E-state index in [9.17, 15) is 18.0 Å². The minimum Gasteiger partial charge on any atom is -0.272 e. The molecule has 7 heteroatoms. The summed E-state index contributed by atoms with van der Waals surface area (Å²) in [5.41, 5.74) is 0.645. The number of rotatable bonds is 5. The average Bonchev–Trinajstić information content (AvgIpc) is 2.81. The summed E-state index contributed by atoms with van der Waals surface area (Å²) in [6.07, 6.45) is 0. The molecule has 0 atom stereocenters. The lowest BCUT2D eigenvalue weighted by molar-refractivity contribution is 0.0632. The molecule has 1 aliphatic heterocycles. The van der Waals surface area contributed by atoms with Gasteiger partial charge in [-0.05, 0) is 24.3 Å². The summed E-state index contributed by atoms with van der Waals surface area (Å²) in [6, 6.07) is 14.2. The predicted octanol–water partition coefficient (Wildman–Crippen LogP) is 1.69. The van der Waals surface area contributed by atoms with Gasteiger partial charge in [0.25, 0.3) is 21.9 Å². The maximum absolute atomic E-state index is 12.1. The van der Waals surface area contributed by atoms with Crippen molar-refractivity contribution in [2.45, 2.75) is 4.90 Å². The summed E-state index contributed by atoms with van der Waals surface area (Å²) in [6.45, 7) is -0.416. The molecule has 0 radical (unpaired) electrons. The third-order valence-corrected chi connectivity index (χ3v) is 4.79. The fourth-order valence-corrected chi connectivity index (χ4v) is 3.26. The quantitative estimate of drug-likeness (QED) is 0.615. The van der Waals surface area contributed by atoms with Gasteiger partial charge in [-0.3, -0.25) is 18.7 Å². The molecular weight excluding hydrogens is 318 g/mol. The van der Waals surface area contributed by atoms with Gasteiger partial charge in [0.05, 0.1) is 29.2 Å². The zero-order valence-corrected chi connectivity index (χ0v) is 12.8. The molecule has 23 heavy (non-hydrogen) atoms. The largest absolute Gasteiger partial charge is 0.297 e.